The zero-order valence-electron chi connectivity index (χ0n) is 7.36. The van der Waals surface area contributed by atoms with Gasteiger partial charge in [0.15, 0.2) is 12.1 Å². The van der Waals surface area contributed by atoms with Crippen LogP contribution in [0.4, 0.5) is 5.82 Å². The van der Waals surface area contributed by atoms with Gasteiger partial charge in [0.25, 0.3) is 0 Å². The number of aryl methyl sites for hydroxylation is 1. The zero-order valence-corrected chi connectivity index (χ0v) is 8.12. The van der Waals surface area contributed by atoms with Crippen LogP contribution in [0.1, 0.15) is 10.4 Å². The molecule has 14 heavy (non-hydrogen) atoms. The molecule has 0 aliphatic rings. The first-order chi connectivity index (χ1) is 6.63. The third kappa shape index (κ3) is 1.13. The number of hydrogen-bond acceptors (Lipinski definition) is 4. The number of aromatic nitrogens is 3. The minimum Gasteiger partial charge on any atom is -0.380 e. The van der Waals surface area contributed by atoms with Crippen molar-refractivity contribution in [2.45, 2.75) is 0 Å². The lowest BCUT2D eigenvalue weighted by molar-refractivity contribution is 0.112. The van der Waals surface area contributed by atoms with Crippen LogP contribution in [-0.4, -0.2) is 21.1 Å². The Bertz CT molecular complexity index is 520. The summed E-state index contributed by atoms with van der Waals surface area (Å²) < 4.78 is 1.51. The smallest absolute Gasteiger partial charge is 0.172 e. The summed E-state index contributed by atoms with van der Waals surface area (Å²) in [5.41, 5.74) is 7.10. The van der Waals surface area contributed by atoms with E-state index in [1.54, 1.807) is 7.05 Å². The number of fused-ring (bicyclic) bond motifs is 1. The molecule has 0 atom stereocenters. The Morgan fingerprint density at radius 3 is 3.00 bits per heavy atom. The molecule has 2 heterocycles. The summed E-state index contributed by atoms with van der Waals surface area (Å²) in [6.45, 7) is 0. The second-order valence-electron chi connectivity index (χ2n) is 2.86. The van der Waals surface area contributed by atoms with E-state index < -0.39 is 0 Å². The summed E-state index contributed by atoms with van der Waals surface area (Å²) in [5, 5.41) is 4.19. The number of nitrogen functional groups attached to an aromatic ring is 1. The van der Waals surface area contributed by atoms with Gasteiger partial charge in [0, 0.05) is 12.6 Å². The van der Waals surface area contributed by atoms with Crippen molar-refractivity contribution in [1.82, 2.24) is 14.8 Å². The van der Waals surface area contributed by atoms with E-state index in [1.165, 1.54) is 10.7 Å². The number of pyridine rings is 1. The van der Waals surface area contributed by atoms with E-state index in [-0.39, 0.29) is 11.0 Å². The number of carbonyl (C=O) groups is 1. The van der Waals surface area contributed by atoms with Crippen molar-refractivity contribution >= 4 is 34.7 Å². The van der Waals surface area contributed by atoms with Gasteiger partial charge in [0.05, 0.1) is 5.52 Å². The Morgan fingerprint density at radius 2 is 2.36 bits per heavy atom. The molecular formula is C8H7ClN4O. The summed E-state index contributed by atoms with van der Waals surface area (Å²) in [6.07, 6.45) is 0.705. The van der Waals surface area contributed by atoms with Gasteiger partial charge in [-0.1, -0.05) is 11.6 Å². The Kier molecular flexibility index (Phi) is 1.89. The van der Waals surface area contributed by atoms with Crippen LogP contribution in [0.5, 0.6) is 0 Å². The molecule has 0 aromatic carbocycles. The minimum absolute atomic E-state index is 0.235. The number of hydrogen-bond donors (Lipinski definition) is 1. The van der Waals surface area contributed by atoms with E-state index in [0.717, 1.165) is 0 Å². The van der Waals surface area contributed by atoms with Gasteiger partial charge in [-0.2, -0.15) is 5.10 Å². The molecule has 2 aromatic rings. The maximum atomic E-state index is 10.8. The minimum atomic E-state index is 0.235. The first-order valence-corrected chi connectivity index (χ1v) is 4.25. The van der Waals surface area contributed by atoms with Crippen LogP contribution in [0.3, 0.4) is 0 Å². The van der Waals surface area contributed by atoms with Crippen molar-refractivity contribution in [2.24, 2.45) is 7.05 Å². The molecule has 0 radical (unpaired) electrons. The molecule has 2 aromatic heterocycles. The van der Waals surface area contributed by atoms with Gasteiger partial charge < -0.3 is 5.73 Å². The van der Waals surface area contributed by atoms with E-state index >= 15 is 0 Å². The van der Waals surface area contributed by atoms with Crippen molar-refractivity contribution in [2.75, 3.05) is 5.73 Å². The quantitative estimate of drug-likeness (QED) is 0.563. The Balaban J connectivity index is 2.97. The number of rotatable bonds is 1. The van der Waals surface area contributed by atoms with E-state index in [1.807, 2.05) is 0 Å². The lowest BCUT2D eigenvalue weighted by Crippen LogP contribution is -1.94. The summed E-state index contributed by atoms with van der Waals surface area (Å²) in [5.74, 6) is 0.271. The van der Waals surface area contributed by atoms with E-state index in [9.17, 15) is 4.79 Å². The number of anilines is 1. The van der Waals surface area contributed by atoms with Crippen LogP contribution in [0.15, 0.2) is 6.07 Å². The summed E-state index contributed by atoms with van der Waals surface area (Å²) in [7, 11) is 1.70. The average Bonchev–Trinajstić information content (AvgIpc) is 2.41. The van der Waals surface area contributed by atoms with Crippen molar-refractivity contribution in [3.63, 3.8) is 0 Å². The SMILES string of the molecule is Cn1nc(N)c2nc(Cl)cc(C=O)c21. The van der Waals surface area contributed by atoms with Gasteiger partial charge in [0.2, 0.25) is 0 Å². The molecule has 0 amide bonds. The molecule has 0 spiro atoms. The molecule has 2 N–H and O–H groups in total. The molecule has 0 unspecified atom stereocenters. The largest absolute Gasteiger partial charge is 0.380 e. The summed E-state index contributed by atoms with van der Waals surface area (Å²) in [4.78, 5) is 14.8. The fraction of sp³-hybridized carbons (Fsp3) is 0.125. The monoisotopic (exact) mass is 210 g/mol. The summed E-state index contributed by atoms with van der Waals surface area (Å²) >= 11 is 5.72. The number of aldehydes is 1. The van der Waals surface area contributed by atoms with E-state index in [2.05, 4.69) is 10.1 Å². The molecule has 72 valence electrons. The van der Waals surface area contributed by atoms with Gasteiger partial charge in [-0.15, -0.1) is 0 Å². The Hall–Kier alpha value is -1.62. The van der Waals surface area contributed by atoms with Crippen molar-refractivity contribution in [3.8, 4) is 0 Å². The highest BCUT2D eigenvalue weighted by Gasteiger charge is 2.12. The Morgan fingerprint density at radius 1 is 1.64 bits per heavy atom. The molecule has 0 aliphatic heterocycles. The lowest BCUT2D eigenvalue weighted by Gasteiger charge is -1.97. The van der Waals surface area contributed by atoms with Crippen LogP contribution in [0.25, 0.3) is 11.0 Å². The van der Waals surface area contributed by atoms with Gasteiger partial charge in [-0.25, -0.2) is 4.98 Å². The van der Waals surface area contributed by atoms with Gasteiger partial charge in [0.1, 0.15) is 10.7 Å². The van der Waals surface area contributed by atoms with Crippen LogP contribution >= 0.6 is 11.6 Å². The van der Waals surface area contributed by atoms with E-state index in [4.69, 9.17) is 17.3 Å². The predicted octanol–water partition coefficient (Wildman–Crippen LogP) is 1.02. The number of carbonyl (C=O) groups excluding carboxylic acids is 1. The van der Waals surface area contributed by atoms with Gasteiger partial charge in [-0.05, 0) is 6.07 Å². The average molecular weight is 211 g/mol. The Labute approximate surface area is 84.5 Å². The predicted molar refractivity (Wildman–Crippen MR) is 53.3 cm³/mol. The maximum Gasteiger partial charge on any atom is 0.172 e. The molecule has 6 heteroatoms. The molecule has 0 aliphatic carbocycles. The highest BCUT2D eigenvalue weighted by Crippen LogP contribution is 2.23. The van der Waals surface area contributed by atoms with Crippen LogP contribution in [0.2, 0.25) is 5.15 Å². The lowest BCUT2D eigenvalue weighted by atomic mass is 10.2. The third-order valence-electron chi connectivity index (χ3n) is 1.94. The highest BCUT2D eigenvalue weighted by atomic mass is 35.5. The summed E-state index contributed by atoms with van der Waals surface area (Å²) in [6, 6.07) is 1.48. The molecule has 0 saturated heterocycles. The standard InChI is InChI=1S/C8H7ClN4O/c1-13-7-4(3-14)2-5(9)11-6(7)8(10)12-13/h2-3H,1H3,(H2,10,12). The fourth-order valence-electron chi connectivity index (χ4n) is 1.39. The van der Waals surface area contributed by atoms with Crippen molar-refractivity contribution < 1.29 is 4.79 Å². The molecule has 0 bridgehead atoms. The number of nitrogens with two attached hydrogens (primary N) is 1. The molecule has 2 rings (SSSR count). The highest BCUT2D eigenvalue weighted by molar-refractivity contribution is 6.30. The van der Waals surface area contributed by atoms with Gasteiger partial charge >= 0.3 is 0 Å². The van der Waals surface area contributed by atoms with Crippen molar-refractivity contribution in [1.29, 1.82) is 0 Å². The molecular weight excluding hydrogens is 204 g/mol. The maximum absolute atomic E-state index is 10.8. The number of halogens is 1. The van der Waals surface area contributed by atoms with Crippen LogP contribution < -0.4 is 5.73 Å². The molecule has 0 fully saturated rings. The van der Waals surface area contributed by atoms with E-state index in [0.29, 0.717) is 22.9 Å². The first-order valence-electron chi connectivity index (χ1n) is 3.87. The molecule has 5 nitrogen and oxygen atoms in total. The normalized spacial score (nSPS) is 10.7. The second-order valence-corrected chi connectivity index (χ2v) is 3.25. The van der Waals surface area contributed by atoms with Gasteiger partial charge in [-0.3, -0.25) is 9.48 Å². The first kappa shape index (κ1) is 8.96. The second kappa shape index (κ2) is 2.95. The molecule has 0 saturated carbocycles. The third-order valence-corrected chi connectivity index (χ3v) is 2.14. The van der Waals surface area contributed by atoms with Crippen LogP contribution in [-0.2, 0) is 7.05 Å². The van der Waals surface area contributed by atoms with Crippen LogP contribution in [0, 0.1) is 0 Å². The zero-order chi connectivity index (χ0) is 10.3. The number of nitrogens with zero attached hydrogens (tertiary/aromatic N) is 3. The fourth-order valence-corrected chi connectivity index (χ4v) is 1.59. The van der Waals surface area contributed by atoms with Crippen molar-refractivity contribution in [3.05, 3.63) is 16.8 Å². The topological polar surface area (TPSA) is 73.8 Å².